The summed E-state index contributed by atoms with van der Waals surface area (Å²) in [6.07, 6.45) is 1.26. The molecule has 3 aromatic rings. The number of fused-ring (bicyclic) bond motifs is 1. The Morgan fingerprint density at radius 2 is 1.52 bits per heavy atom. The van der Waals surface area contributed by atoms with E-state index < -0.39 is 23.4 Å². The minimum atomic E-state index is -1.06. The Bertz CT molecular complexity index is 1170. The Morgan fingerprint density at radius 3 is 2.28 bits per heavy atom. The number of para-hydroxylation sites is 2. The number of amides is 2. The number of nitrogens with zero attached hydrogens (tertiary/aromatic N) is 1. The molecule has 0 saturated heterocycles. The van der Waals surface area contributed by atoms with Crippen LogP contribution >= 0.6 is 0 Å². The van der Waals surface area contributed by atoms with Gasteiger partial charge in [-0.2, -0.15) is 0 Å². The van der Waals surface area contributed by atoms with E-state index in [2.05, 4.69) is 0 Å². The lowest BCUT2D eigenvalue weighted by Gasteiger charge is -2.29. The van der Waals surface area contributed by atoms with Gasteiger partial charge >= 0.3 is 0 Å². The summed E-state index contributed by atoms with van der Waals surface area (Å²) in [6, 6.07) is 16.9. The molecule has 0 saturated carbocycles. The standard InChI is InChI=1S/C23H15F2NO3/c1-29-20-12-5-4-11-19(20)26-22(27)16-9-3-2-8-15(16)17(23(26)28)13-14-7-6-10-18(24)21(14)25/h2-13H,1H3/b17-13+. The van der Waals surface area contributed by atoms with E-state index in [1.54, 1.807) is 48.5 Å². The summed E-state index contributed by atoms with van der Waals surface area (Å²) in [6.45, 7) is 0. The molecule has 0 bridgehead atoms. The van der Waals surface area contributed by atoms with Crippen LogP contribution in [0.25, 0.3) is 11.6 Å². The quantitative estimate of drug-likeness (QED) is 0.480. The number of methoxy groups -OCH3 is 1. The van der Waals surface area contributed by atoms with Gasteiger partial charge in [-0.05, 0) is 35.9 Å². The fourth-order valence-electron chi connectivity index (χ4n) is 3.31. The lowest BCUT2D eigenvalue weighted by molar-refractivity contribution is -0.112. The Kier molecular flexibility index (Phi) is 4.68. The van der Waals surface area contributed by atoms with Crippen LogP contribution in [0.5, 0.6) is 5.75 Å². The van der Waals surface area contributed by atoms with Gasteiger partial charge in [0.05, 0.1) is 12.8 Å². The lowest BCUT2D eigenvalue weighted by Crippen LogP contribution is -2.42. The summed E-state index contributed by atoms with van der Waals surface area (Å²) in [5, 5.41) is 0. The molecular formula is C23H15F2NO3. The number of hydrogen-bond donors (Lipinski definition) is 0. The van der Waals surface area contributed by atoms with Crippen LogP contribution in [0.1, 0.15) is 21.5 Å². The first-order valence-corrected chi connectivity index (χ1v) is 8.80. The van der Waals surface area contributed by atoms with Crippen LogP contribution in [0.15, 0.2) is 66.7 Å². The molecule has 29 heavy (non-hydrogen) atoms. The molecule has 3 aromatic carbocycles. The molecule has 0 spiro atoms. The summed E-state index contributed by atoms with van der Waals surface area (Å²) in [5.74, 6) is -2.92. The maximum Gasteiger partial charge on any atom is 0.266 e. The smallest absolute Gasteiger partial charge is 0.266 e. The Balaban J connectivity index is 1.95. The molecule has 2 amide bonds. The van der Waals surface area contributed by atoms with Gasteiger partial charge in [0, 0.05) is 16.7 Å². The third kappa shape index (κ3) is 3.08. The Hall–Kier alpha value is -3.80. The largest absolute Gasteiger partial charge is 0.495 e. The summed E-state index contributed by atoms with van der Waals surface area (Å²) in [4.78, 5) is 27.4. The number of anilines is 1. The van der Waals surface area contributed by atoms with Gasteiger partial charge in [-0.25, -0.2) is 13.7 Å². The molecule has 0 fully saturated rings. The molecule has 0 unspecified atom stereocenters. The molecular weight excluding hydrogens is 376 g/mol. The van der Waals surface area contributed by atoms with Gasteiger partial charge in [-0.3, -0.25) is 9.59 Å². The second-order valence-corrected chi connectivity index (χ2v) is 6.36. The molecule has 0 radical (unpaired) electrons. The minimum absolute atomic E-state index is 0.0793. The molecule has 1 aliphatic heterocycles. The summed E-state index contributed by atoms with van der Waals surface area (Å²) in [5.41, 5.74) is 0.900. The van der Waals surface area contributed by atoms with Crippen LogP contribution in [-0.4, -0.2) is 18.9 Å². The predicted octanol–water partition coefficient (Wildman–Crippen LogP) is 4.70. The number of rotatable bonds is 3. The van der Waals surface area contributed by atoms with Crippen molar-refractivity contribution >= 4 is 29.2 Å². The Morgan fingerprint density at radius 1 is 0.828 bits per heavy atom. The SMILES string of the molecule is COc1ccccc1N1C(=O)/C(=C/c2cccc(F)c2F)c2ccccc2C1=O. The third-order valence-corrected chi connectivity index (χ3v) is 4.69. The molecule has 4 nitrogen and oxygen atoms in total. The van der Waals surface area contributed by atoms with E-state index in [0.29, 0.717) is 11.3 Å². The van der Waals surface area contributed by atoms with E-state index in [1.807, 2.05) is 0 Å². The van der Waals surface area contributed by atoms with Crippen molar-refractivity contribution in [1.82, 2.24) is 0 Å². The van der Waals surface area contributed by atoms with Crippen molar-refractivity contribution in [3.63, 3.8) is 0 Å². The van der Waals surface area contributed by atoms with Crippen molar-refractivity contribution in [2.24, 2.45) is 0 Å². The minimum Gasteiger partial charge on any atom is -0.495 e. The van der Waals surface area contributed by atoms with Crippen LogP contribution < -0.4 is 9.64 Å². The van der Waals surface area contributed by atoms with Crippen LogP contribution in [0.4, 0.5) is 14.5 Å². The monoisotopic (exact) mass is 391 g/mol. The van der Waals surface area contributed by atoms with Gasteiger partial charge in [0.2, 0.25) is 0 Å². The zero-order chi connectivity index (χ0) is 20.5. The maximum atomic E-state index is 14.2. The zero-order valence-electron chi connectivity index (χ0n) is 15.4. The fourth-order valence-corrected chi connectivity index (χ4v) is 3.31. The predicted molar refractivity (Wildman–Crippen MR) is 105 cm³/mol. The normalized spacial score (nSPS) is 14.9. The molecule has 0 N–H and O–H groups in total. The molecule has 1 aliphatic rings. The number of halogens is 2. The van der Waals surface area contributed by atoms with Gasteiger partial charge in [0.1, 0.15) is 5.75 Å². The number of benzene rings is 3. The van der Waals surface area contributed by atoms with Crippen molar-refractivity contribution in [2.75, 3.05) is 12.0 Å². The molecule has 0 aliphatic carbocycles. The average molecular weight is 391 g/mol. The van der Waals surface area contributed by atoms with Crippen molar-refractivity contribution in [1.29, 1.82) is 0 Å². The van der Waals surface area contributed by atoms with E-state index in [9.17, 15) is 18.4 Å². The second-order valence-electron chi connectivity index (χ2n) is 6.36. The summed E-state index contributed by atoms with van der Waals surface area (Å²) in [7, 11) is 1.44. The van der Waals surface area contributed by atoms with E-state index >= 15 is 0 Å². The van der Waals surface area contributed by atoms with E-state index in [4.69, 9.17) is 4.74 Å². The van der Waals surface area contributed by atoms with Gasteiger partial charge in [0.15, 0.2) is 11.6 Å². The van der Waals surface area contributed by atoms with Gasteiger partial charge in [-0.15, -0.1) is 0 Å². The number of carbonyl (C=O) groups is 2. The first-order chi connectivity index (χ1) is 14.0. The Labute approximate surface area is 165 Å². The first-order valence-electron chi connectivity index (χ1n) is 8.80. The maximum absolute atomic E-state index is 14.2. The highest BCUT2D eigenvalue weighted by Crippen LogP contribution is 2.37. The van der Waals surface area contributed by atoms with Crippen LogP contribution in [0, 0.1) is 11.6 Å². The first kappa shape index (κ1) is 18.6. The number of imide groups is 1. The van der Waals surface area contributed by atoms with Crippen LogP contribution in [0.3, 0.4) is 0 Å². The fraction of sp³-hybridized carbons (Fsp3) is 0.0435. The highest BCUT2D eigenvalue weighted by atomic mass is 19.2. The van der Waals surface area contributed by atoms with Gasteiger partial charge in [0.25, 0.3) is 11.8 Å². The molecule has 6 heteroatoms. The van der Waals surface area contributed by atoms with Crippen LogP contribution in [-0.2, 0) is 4.79 Å². The average Bonchev–Trinajstić information content (AvgIpc) is 2.74. The number of ether oxygens (including phenoxy) is 1. The molecule has 4 rings (SSSR count). The summed E-state index contributed by atoms with van der Waals surface area (Å²) < 4.78 is 33.2. The van der Waals surface area contributed by atoms with Gasteiger partial charge in [-0.1, -0.05) is 42.5 Å². The highest BCUT2D eigenvalue weighted by Gasteiger charge is 2.37. The number of hydrogen-bond acceptors (Lipinski definition) is 3. The second kappa shape index (κ2) is 7.31. The van der Waals surface area contributed by atoms with Crippen molar-refractivity contribution in [3.05, 3.63) is 95.1 Å². The highest BCUT2D eigenvalue weighted by molar-refractivity contribution is 6.43. The lowest BCUT2D eigenvalue weighted by atomic mass is 9.91. The molecule has 144 valence electrons. The number of carbonyl (C=O) groups excluding carboxylic acids is 2. The van der Waals surface area contributed by atoms with E-state index in [1.165, 1.54) is 25.3 Å². The zero-order valence-corrected chi connectivity index (χ0v) is 15.4. The van der Waals surface area contributed by atoms with Crippen LogP contribution in [0.2, 0.25) is 0 Å². The third-order valence-electron chi connectivity index (χ3n) is 4.69. The molecule has 0 aromatic heterocycles. The van der Waals surface area contributed by atoms with Crippen molar-refractivity contribution in [3.8, 4) is 5.75 Å². The summed E-state index contributed by atoms with van der Waals surface area (Å²) >= 11 is 0. The van der Waals surface area contributed by atoms with E-state index in [-0.39, 0.29) is 22.4 Å². The molecule has 1 heterocycles. The molecule has 0 atom stereocenters. The van der Waals surface area contributed by atoms with Crippen molar-refractivity contribution < 1.29 is 23.1 Å². The van der Waals surface area contributed by atoms with Crippen molar-refractivity contribution in [2.45, 2.75) is 0 Å². The topological polar surface area (TPSA) is 46.6 Å². The van der Waals surface area contributed by atoms with Gasteiger partial charge < -0.3 is 4.74 Å². The van der Waals surface area contributed by atoms with E-state index in [0.717, 1.165) is 11.0 Å².